The lowest BCUT2D eigenvalue weighted by Crippen LogP contribution is -2.59. The summed E-state index contributed by atoms with van der Waals surface area (Å²) >= 11 is 0. The molecule has 2 N–H and O–H groups in total. The molecule has 5 nitrogen and oxygen atoms in total. The van der Waals surface area contributed by atoms with Gasteiger partial charge in [0, 0.05) is 11.2 Å². The van der Waals surface area contributed by atoms with Crippen LogP contribution in [0.3, 0.4) is 0 Å². The molecule has 0 aromatic heterocycles. The molecule has 0 aromatic rings. The zero-order chi connectivity index (χ0) is 21.5. The average Bonchev–Trinajstić information content (AvgIpc) is 2.52. The van der Waals surface area contributed by atoms with Crippen LogP contribution in [0.15, 0.2) is 0 Å². The topological polar surface area (TPSA) is 62.9 Å². The third kappa shape index (κ3) is 11.7. The first-order valence-electron chi connectivity index (χ1n) is 10.5. The second-order valence-electron chi connectivity index (χ2n) is 9.83. The number of ether oxygens (including phenoxy) is 2. The molecule has 0 aliphatic heterocycles. The van der Waals surface area contributed by atoms with Crippen molar-refractivity contribution in [2.24, 2.45) is 5.73 Å². The first-order valence-corrected chi connectivity index (χ1v) is 13.3. The lowest BCUT2D eigenvalue weighted by molar-refractivity contribution is -0.0844. The second-order valence-corrected chi connectivity index (χ2v) is 12.9. The summed E-state index contributed by atoms with van der Waals surface area (Å²) in [4.78, 5) is 0. The first-order chi connectivity index (χ1) is 12.1. The predicted molar refractivity (Wildman–Crippen MR) is 121 cm³/mol. The molecule has 4 unspecified atom stereocenters. The molecule has 27 heavy (non-hydrogen) atoms. The Morgan fingerprint density at radius 2 is 1.00 bits per heavy atom. The molecule has 4 atom stereocenters. The molecular formula is C20H47NO4Si2. The van der Waals surface area contributed by atoms with Crippen molar-refractivity contribution in [1.29, 1.82) is 0 Å². The fourth-order valence-electron chi connectivity index (χ4n) is 2.39. The molecular weight excluding hydrogens is 374 g/mol. The fraction of sp³-hybridized carbons (Fsp3) is 1.00. The van der Waals surface area contributed by atoms with Gasteiger partial charge in [-0.1, -0.05) is 13.8 Å². The molecule has 0 saturated carbocycles. The largest absolute Gasteiger partial charge is 0.417 e. The molecule has 0 aliphatic rings. The monoisotopic (exact) mass is 421 g/mol. The van der Waals surface area contributed by atoms with Gasteiger partial charge in [-0.25, -0.2) is 0 Å². The minimum atomic E-state index is -0.786. The Bertz CT molecular complexity index is 372. The zero-order valence-electron chi connectivity index (χ0n) is 19.8. The molecule has 0 saturated heterocycles. The molecule has 0 aliphatic carbocycles. The van der Waals surface area contributed by atoms with E-state index in [1.165, 1.54) is 0 Å². The third-order valence-electron chi connectivity index (χ3n) is 4.86. The van der Waals surface area contributed by atoms with Crippen LogP contribution in [-0.4, -0.2) is 59.9 Å². The molecule has 7 heteroatoms. The minimum Gasteiger partial charge on any atom is -0.417 e. The van der Waals surface area contributed by atoms with Gasteiger partial charge in [-0.15, -0.1) is 0 Å². The van der Waals surface area contributed by atoms with Crippen molar-refractivity contribution >= 4 is 19.5 Å². The Labute approximate surface area is 173 Å². The summed E-state index contributed by atoms with van der Waals surface area (Å²) in [5.74, 6) is 0. The Balaban J connectivity index is 4.77. The quantitative estimate of drug-likeness (QED) is 0.491. The molecule has 164 valence electrons. The van der Waals surface area contributed by atoms with Crippen molar-refractivity contribution in [3.63, 3.8) is 0 Å². The zero-order valence-corrected chi connectivity index (χ0v) is 22.7. The lowest BCUT2D eigenvalue weighted by Gasteiger charge is -2.40. The van der Waals surface area contributed by atoms with Gasteiger partial charge in [0.05, 0.1) is 29.2 Å². The Morgan fingerprint density at radius 1 is 0.704 bits per heavy atom. The number of hydrogen-bond acceptors (Lipinski definition) is 5. The van der Waals surface area contributed by atoms with Crippen LogP contribution >= 0.6 is 0 Å². The van der Waals surface area contributed by atoms with Gasteiger partial charge in [0.2, 0.25) is 0 Å². The Kier molecular flexibility index (Phi) is 11.5. The van der Waals surface area contributed by atoms with Crippen LogP contribution in [0.1, 0.15) is 89.0 Å². The van der Waals surface area contributed by atoms with Gasteiger partial charge in [0.25, 0.3) is 0 Å². The van der Waals surface area contributed by atoms with Gasteiger partial charge in [0.15, 0.2) is 19.5 Å². The van der Waals surface area contributed by atoms with Crippen LogP contribution in [0.5, 0.6) is 0 Å². The van der Waals surface area contributed by atoms with Crippen molar-refractivity contribution in [2.75, 3.05) is 0 Å². The molecule has 0 bridgehead atoms. The number of hydrogen-bond donors (Lipinski definition) is 1. The minimum absolute atomic E-state index is 0.110. The van der Waals surface area contributed by atoms with Crippen molar-refractivity contribution in [1.82, 2.24) is 0 Å². The van der Waals surface area contributed by atoms with Gasteiger partial charge >= 0.3 is 0 Å². The fourth-order valence-corrected chi connectivity index (χ4v) is 4.97. The predicted octanol–water partition coefficient (Wildman–Crippen LogP) is 2.78. The van der Waals surface area contributed by atoms with Gasteiger partial charge in [-0.05, 0) is 75.2 Å². The molecule has 0 radical (unpaired) electrons. The standard InChI is InChI=1S/C20H47NO4Si2/c1-12-16(26-24-18(5,6)7)22-14(3)20(11,21)15(4)23-17(13-2)27-25-19(8,9)10/h14-17H,12-13,21,26-27H2,1-11H3. The summed E-state index contributed by atoms with van der Waals surface area (Å²) in [6, 6.07) is 0. The van der Waals surface area contributed by atoms with Crippen LogP contribution in [0.4, 0.5) is 0 Å². The van der Waals surface area contributed by atoms with E-state index in [0.29, 0.717) is 0 Å². The highest BCUT2D eigenvalue weighted by molar-refractivity contribution is 6.29. The summed E-state index contributed by atoms with van der Waals surface area (Å²) < 4.78 is 24.7. The maximum Gasteiger partial charge on any atom is 0.191 e. The van der Waals surface area contributed by atoms with E-state index in [2.05, 4.69) is 69.2 Å². The van der Waals surface area contributed by atoms with E-state index in [1.54, 1.807) is 0 Å². The van der Waals surface area contributed by atoms with Crippen molar-refractivity contribution < 1.29 is 18.3 Å². The highest BCUT2D eigenvalue weighted by atomic mass is 28.2. The Hall–Kier alpha value is 0.234. The highest BCUT2D eigenvalue weighted by Gasteiger charge is 2.37. The molecule has 0 aromatic carbocycles. The van der Waals surface area contributed by atoms with Crippen LogP contribution in [0.2, 0.25) is 0 Å². The molecule has 0 rings (SSSR count). The summed E-state index contributed by atoms with van der Waals surface area (Å²) in [7, 11) is -1.57. The summed E-state index contributed by atoms with van der Waals surface area (Å²) in [6.07, 6.45) is 1.66. The smallest absolute Gasteiger partial charge is 0.191 e. The van der Waals surface area contributed by atoms with Crippen molar-refractivity contribution in [3.8, 4) is 0 Å². The van der Waals surface area contributed by atoms with E-state index in [1.807, 2.05) is 6.92 Å². The highest BCUT2D eigenvalue weighted by Crippen LogP contribution is 2.22. The van der Waals surface area contributed by atoms with Gasteiger partial charge in [-0.2, -0.15) is 0 Å². The third-order valence-corrected chi connectivity index (χ3v) is 9.21. The maximum atomic E-state index is 6.67. The Morgan fingerprint density at radius 3 is 1.22 bits per heavy atom. The van der Waals surface area contributed by atoms with Gasteiger partial charge in [0.1, 0.15) is 0 Å². The van der Waals surface area contributed by atoms with Crippen LogP contribution in [-0.2, 0) is 18.3 Å². The van der Waals surface area contributed by atoms with E-state index in [9.17, 15) is 0 Å². The van der Waals surface area contributed by atoms with Crippen LogP contribution in [0, 0.1) is 0 Å². The summed E-state index contributed by atoms with van der Waals surface area (Å²) in [6.45, 7) is 23.0. The molecule has 0 spiro atoms. The molecule has 0 amide bonds. The summed E-state index contributed by atoms with van der Waals surface area (Å²) in [5.41, 5.74) is 6.20. The normalized spacial score (nSPS) is 20.9. The van der Waals surface area contributed by atoms with Crippen LogP contribution in [0.25, 0.3) is 0 Å². The molecule has 0 heterocycles. The second kappa shape index (κ2) is 11.4. The van der Waals surface area contributed by atoms with E-state index in [0.717, 1.165) is 12.8 Å². The lowest BCUT2D eigenvalue weighted by atomic mass is 9.91. The van der Waals surface area contributed by atoms with Crippen molar-refractivity contribution in [3.05, 3.63) is 0 Å². The SMILES string of the molecule is CCC(OC(C)C(C)(N)C(C)OC(CC)[SiH2]OC(C)(C)C)[SiH2]OC(C)(C)C. The van der Waals surface area contributed by atoms with Crippen molar-refractivity contribution in [2.45, 2.75) is 129 Å². The van der Waals surface area contributed by atoms with Gasteiger partial charge in [-0.3, -0.25) is 0 Å². The number of rotatable bonds is 12. The first kappa shape index (κ1) is 27.2. The maximum absolute atomic E-state index is 6.67. The van der Waals surface area contributed by atoms with E-state index in [4.69, 9.17) is 24.1 Å². The number of nitrogens with two attached hydrogens (primary N) is 1. The van der Waals surface area contributed by atoms with Gasteiger partial charge < -0.3 is 24.1 Å². The van der Waals surface area contributed by atoms with Crippen LogP contribution < -0.4 is 5.73 Å². The van der Waals surface area contributed by atoms with E-state index < -0.39 is 25.1 Å². The summed E-state index contributed by atoms with van der Waals surface area (Å²) in [5, 5.41) is 0. The molecule has 0 fully saturated rings. The van der Waals surface area contributed by atoms with E-state index in [-0.39, 0.29) is 34.9 Å². The van der Waals surface area contributed by atoms with E-state index >= 15 is 0 Å². The average molecular weight is 422 g/mol.